The summed E-state index contributed by atoms with van der Waals surface area (Å²) in [5.41, 5.74) is 0.362. The van der Waals surface area contributed by atoms with E-state index >= 15 is 0 Å². The molecule has 0 aliphatic heterocycles. The van der Waals surface area contributed by atoms with Crippen LogP contribution in [-0.2, 0) is 6.61 Å². The number of aliphatic hydroxyl groups is 1. The Morgan fingerprint density at radius 1 is 1.06 bits per heavy atom. The van der Waals surface area contributed by atoms with Crippen LogP contribution in [0.25, 0.3) is 10.8 Å². The first kappa shape index (κ1) is 12.4. The predicted octanol–water partition coefficient (Wildman–Crippen LogP) is 2.18. The Morgan fingerprint density at radius 3 is 2.41 bits per heavy atom. The molecule has 1 N–H and O–H groups in total. The van der Waals surface area contributed by atoms with Gasteiger partial charge in [0.2, 0.25) is 0 Å². The molecule has 0 aliphatic carbocycles. The second kappa shape index (κ2) is 4.69. The van der Waals surface area contributed by atoms with Crippen LogP contribution in [0.1, 0.15) is 5.56 Å². The van der Waals surface area contributed by atoms with Gasteiger partial charge in [0.15, 0.2) is 0 Å². The van der Waals surface area contributed by atoms with E-state index in [1.165, 1.54) is 0 Å². The van der Waals surface area contributed by atoms with E-state index < -0.39 is 20.0 Å². The summed E-state index contributed by atoms with van der Waals surface area (Å²) in [5.74, 6) is 0. The average molecular weight is 305 g/mol. The SMILES string of the molecule is OCc1ccc2ccccc2c1[Se]C(F)(F)F. The van der Waals surface area contributed by atoms with Crippen LogP contribution in [0.5, 0.6) is 0 Å². The van der Waals surface area contributed by atoms with E-state index in [-0.39, 0.29) is 11.1 Å². The monoisotopic (exact) mass is 306 g/mol. The Labute approximate surface area is 102 Å². The van der Waals surface area contributed by atoms with Gasteiger partial charge in [-0.15, -0.1) is 0 Å². The first-order chi connectivity index (χ1) is 8.01. The minimum absolute atomic E-state index is 0.227. The van der Waals surface area contributed by atoms with Crippen LogP contribution in [-0.4, -0.2) is 25.1 Å². The first-order valence-corrected chi connectivity index (χ1v) is 6.60. The van der Waals surface area contributed by atoms with Gasteiger partial charge in [0.05, 0.1) is 0 Å². The molecule has 0 fully saturated rings. The molecule has 5 heteroatoms. The van der Waals surface area contributed by atoms with Gasteiger partial charge in [0, 0.05) is 0 Å². The number of benzene rings is 2. The molecular formula is C12H9F3OSe. The third kappa shape index (κ3) is 2.80. The zero-order valence-electron chi connectivity index (χ0n) is 8.66. The van der Waals surface area contributed by atoms with E-state index in [0.717, 1.165) is 5.39 Å². The molecule has 0 saturated carbocycles. The Balaban J connectivity index is 2.63. The third-order valence-electron chi connectivity index (χ3n) is 2.35. The maximum absolute atomic E-state index is 12.5. The molecule has 0 aliphatic rings. The molecule has 2 aromatic carbocycles. The van der Waals surface area contributed by atoms with Gasteiger partial charge in [-0.25, -0.2) is 0 Å². The third-order valence-corrected chi connectivity index (χ3v) is 4.27. The van der Waals surface area contributed by atoms with Gasteiger partial charge < -0.3 is 0 Å². The molecular weight excluding hydrogens is 296 g/mol. The fourth-order valence-electron chi connectivity index (χ4n) is 1.65. The van der Waals surface area contributed by atoms with Crippen molar-refractivity contribution >= 4 is 30.2 Å². The summed E-state index contributed by atoms with van der Waals surface area (Å²) in [6.45, 7) is -0.363. The number of fused-ring (bicyclic) bond motifs is 1. The minimum atomic E-state index is -4.21. The summed E-state index contributed by atoms with van der Waals surface area (Å²) in [5, 5.41) is 6.26. The second-order valence-electron chi connectivity index (χ2n) is 3.48. The molecule has 0 bridgehead atoms. The maximum atomic E-state index is 12.5. The van der Waals surface area contributed by atoms with Crippen LogP contribution in [0.2, 0.25) is 0 Å². The summed E-state index contributed by atoms with van der Waals surface area (Å²) >= 11 is -1.63. The van der Waals surface area contributed by atoms with E-state index in [0.29, 0.717) is 10.9 Å². The second-order valence-corrected chi connectivity index (χ2v) is 5.74. The van der Waals surface area contributed by atoms with Crippen LogP contribution >= 0.6 is 0 Å². The Hall–Kier alpha value is -1.03. The summed E-state index contributed by atoms with van der Waals surface area (Å²) in [7, 11) is 0. The molecule has 0 aromatic heterocycles. The Kier molecular flexibility index (Phi) is 3.43. The molecule has 0 amide bonds. The molecule has 1 nitrogen and oxygen atoms in total. The average Bonchev–Trinajstić information content (AvgIpc) is 2.28. The van der Waals surface area contributed by atoms with Gasteiger partial charge in [0.25, 0.3) is 0 Å². The molecule has 0 unspecified atom stereocenters. The molecule has 17 heavy (non-hydrogen) atoms. The zero-order valence-corrected chi connectivity index (χ0v) is 10.4. The van der Waals surface area contributed by atoms with Crippen molar-refractivity contribution in [1.29, 1.82) is 0 Å². The van der Waals surface area contributed by atoms with Crippen molar-refractivity contribution in [3.05, 3.63) is 42.0 Å². The Morgan fingerprint density at radius 2 is 1.76 bits per heavy atom. The molecule has 0 radical (unpaired) electrons. The number of aliphatic hydroxyl groups excluding tert-OH is 1. The number of hydrogen-bond acceptors (Lipinski definition) is 1. The van der Waals surface area contributed by atoms with Gasteiger partial charge >= 0.3 is 102 Å². The number of rotatable bonds is 2. The van der Waals surface area contributed by atoms with Crippen LogP contribution in [0.3, 0.4) is 0 Å². The van der Waals surface area contributed by atoms with Crippen molar-refractivity contribution in [2.75, 3.05) is 0 Å². The number of hydrogen-bond donors (Lipinski definition) is 1. The standard InChI is InChI=1S/C12H9F3OSe/c13-12(14,15)17-11-9(7-16)6-5-8-3-1-2-4-10(8)11/h1-6,16H,7H2. The number of halogens is 3. The van der Waals surface area contributed by atoms with Crippen LogP contribution in [0.4, 0.5) is 13.2 Å². The van der Waals surface area contributed by atoms with Crippen LogP contribution < -0.4 is 4.46 Å². The topological polar surface area (TPSA) is 20.2 Å². The zero-order chi connectivity index (χ0) is 12.5. The van der Waals surface area contributed by atoms with Gasteiger partial charge in [-0.05, 0) is 0 Å². The summed E-state index contributed by atoms with van der Waals surface area (Å²) in [6, 6.07) is 10.2. The molecule has 0 atom stereocenters. The van der Waals surface area contributed by atoms with Crippen molar-refractivity contribution < 1.29 is 18.3 Å². The normalized spacial score (nSPS) is 12.0. The fourth-order valence-corrected chi connectivity index (χ4v) is 3.31. The molecule has 2 rings (SSSR count). The van der Waals surface area contributed by atoms with Crippen molar-refractivity contribution in [3.8, 4) is 0 Å². The van der Waals surface area contributed by atoms with E-state index in [9.17, 15) is 13.2 Å². The first-order valence-electron chi connectivity index (χ1n) is 4.88. The molecule has 0 saturated heterocycles. The van der Waals surface area contributed by atoms with E-state index in [1.807, 2.05) is 0 Å². The summed E-state index contributed by atoms with van der Waals surface area (Å²) in [6.07, 6.45) is 0. The molecule has 2 aromatic rings. The van der Waals surface area contributed by atoms with Crippen molar-refractivity contribution in [3.63, 3.8) is 0 Å². The van der Waals surface area contributed by atoms with Gasteiger partial charge in [0.1, 0.15) is 0 Å². The van der Waals surface area contributed by atoms with Gasteiger partial charge in [-0.2, -0.15) is 0 Å². The summed E-state index contributed by atoms with van der Waals surface area (Å²) in [4.78, 5) is 0. The van der Waals surface area contributed by atoms with Crippen molar-refractivity contribution in [2.45, 2.75) is 11.7 Å². The van der Waals surface area contributed by atoms with Crippen molar-refractivity contribution in [1.82, 2.24) is 0 Å². The predicted molar refractivity (Wildman–Crippen MR) is 61.3 cm³/mol. The van der Waals surface area contributed by atoms with Gasteiger partial charge in [-0.1, -0.05) is 0 Å². The molecule has 90 valence electrons. The van der Waals surface area contributed by atoms with Crippen molar-refractivity contribution in [2.24, 2.45) is 0 Å². The quantitative estimate of drug-likeness (QED) is 0.843. The molecule has 0 spiro atoms. The molecule has 0 heterocycles. The van der Waals surface area contributed by atoms with Crippen LogP contribution in [0, 0.1) is 0 Å². The van der Waals surface area contributed by atoms with Gasteiger partial charge in [-0.3, -0.25) is 0 Å². The van der Waals surface area contributed by atoms with E-state index in [1.54, 1.807) is 36.4 Å². The Bertz CT molecular complexity index is 537. The van der Waals surface area contributed by atoms with Crippen LogP contribution in [0.15, 0.2) is 36.4 Å². The fraction of sp³-hybridized carbons (Fsp3) is 0.167. The summed E-state index contributed by atoms with van der Waals surface area (Å²) < 4.78 is 37.8. The van der Waals surface area contributed by atoms with E-state index in [2.05, 4.69) is 0 Å². The van der Waals surface area contributed by atoms with E-state index in [4.69, 9.17) is 5.11 Å². The number of alkyl halides is 3.